The number of aryl methyl sites for hydroxylation is 1. The number of carbonyl (C=O) groups is 2. The molecule has 1 unspecified atom stereocenters. The second-order valence-corrected chi connectivity index (χ2v) is 3.95. The molecule has 0 radical (unpaired) electrons. The van der Waals surface area contributed by atoms with E-state index < -0.39 is 17.3 Å². The highest BCUT2D eigenvalue weighted by molar-refractivity contribution is 6.31. The summed E-state index contributed by atoms with van der Waals surface area (Å²) in [4.78, 5) is 22.2. The molecular weight excluding hydrogens is 232 g/mol. The number of furan rings is 1. The fraction of sp³-hybridized carbons (Fsp3) is 0.400. The van der Waals surface area contributed by atoms with Gasteiger partial charge in [-0.15, -0.1) is 11.6 Å². The van der Waals surface area contributed by atoms with Gasteiger partial charge in [-0.25, -0.2) is 4.79 Å². The van der Waals surface area contributed by atoms with Crippen molar-refractivity contribution in [3.63, 3.8) is 0 Å². The summed E-state index contributed by atoms with van der Waals surface area (Å²) < 4.78 is 5.23. The Bertz CT molecular complexity index is 387. The Morgan fingerprint density at radius 3 is 2.69 bits per heavy atom. The van der Waals surface area contributed by atoms with Crippen molar-refractivity contribution < 1.29 is 14.0 Å². The van der Waals surface area contributed by atoms with Crippen molar-refractivity contribution in [2.75, 3.05) is 0 Å². The van der Waals surface area contributed by atoms with Gasteiger partial charge in [0, 0.05) is 0 Å². The van der Waals surface area contributed by atoms with E-state index in [-0.39, 0.29) is 6.54 Å². The molecule has 1 heterocycles. The van der Waals surface area contributed by atoms with E-state index >= 15 is 0 Å². The summed E-state index contributed by atoms with van der Waals surface area (Å²) >= 11 is 5.48. The standard InChI is InChI=1S/C10H13ClN2O3/c1-6-3-4-8(16-6)5-12-10(15)13-9(14)7(2)11/h3-4,7H,5H2,1-2H3,(H2,12,13,14,15). The highest BCUT2D eigenvalue weighted by Gasteiger charge is 2.12. The molecule has 0 spiro atoms. The maximum atomic E-state index is 11.2. The molecule has 5 nitrogen and oxygen atoms in total. The second kappa shape index (κ2) is 5.55. The quantitative estimate of drug-likeness (QED) is 0.793. The van der Waals surface area contributed by atoms with Gasteiger partial charge in [-0.05, 0) is 26.0 Å². The summed E-state index contributed by atoms with van der Waals surface area (Å²) in [6.45, 7) is 3.52. The second-order valence-electron chi connectivity index (χ2n) is 3.30. The highest BCUT2D eigenvalue weighted by atomic mass is 35.5. The molecule has 1 atom stereocenters. The van der Waals surface area contributed by atoms with E-state index in [1.165, 1.54) is 6.92 Å². The van der Waals surface area contributed by atoms with Crippen LogP contribution in [0.2, 0.25) is 0 Å². The van der Waals surface area contributed by atoms with Gasteiger partial charge >= 0.3 is 6.03 Å². The van der Waals surface area contributed by atoms with Crippen LogP contribution in [-0.4, -0.2) is 17.3 Å². The van der Waals surface area contributed by atoms with Crippen LogP contribution in [0.4, 0.5) is 4.79 Å². The molecular formula is C10H13ClN2O3. The van der Waals surface area contributed by atoms with Gasteiger partial charge in [0.15, 0.2) is 0 Å². The van der Waals surface area contributed by atoms with Crippen molar-refractivity contribution in [3.05, 3.63) is 23.7 Å². The van der Waals surface area contributed by atoms with E-state index in [2.05, 4.69) is 10.6 Å². The Hall–Kier alpha value is -1.49. The Morgan fingerprint density at radius 1 is 1.50 bits per heavy atom. The number of hydrogen-bond donors (Lipinski definition) is 2. The lowest BCUT2D eigenvalue weighted by molar-refractivity contribution is -0.119. The maximum Gasteiger partial charge on any atom is 0.321 e. The van der Waals surface area contributed by atoms with Gasteiger partial charge in [0.1, 0.15) is 16.9 Å². The average Bonchev–Trinajstić information content (AvgIpc) is 2.61. The normalized spacial score (nSPS) is 11.9. The lowest BCUT2D eigenvalue weighted by Gasteiger charge is -2.06. The molecule has 6 heteroatoms. The Kier molecular flexibility index (Phi) is 4.37. The van der Waals surface area contributed by atoms with Crippen LogP contribution < -0.4 is 10.6 Å². The van der Waals surface area contributed by atoms with Gasteiger partial charge in [-0.1, -0.05) is 0 Å². The molecule has 0 bridgehead atoms. The topological polar surface area (TPSA) is 71.3 Å². The molecule has 1 aromatic heterocycles. The van der Waals surface area contributed by atoms with E-state index in [4.69, 9.17) is 16.0 Å². The molecule has 3 amide bonds. The SMILES string of the molecule is Cc1ccc(CNC(=O)NC(=O)C(C)Cl)o1. The molecule has 0 aliphatic heterocycles. The van der Waals surface area contributed by atoms with E-state index in [0.717, 1.165) is 5.76 Å². The van der Waals surface area contributed by atoms with Gasteiger partial charge in [-0.3, -0.25) is 10.1 Å². The molecule has 0 saturated carbocycles. The van der Waals surface area contributed by atoms with Crippen molar-refractivity contribution in [2.45, 2.75) is 25.8 Å². The average molecular weight is 245 g/mol. The van der Waals surface area contributed by atoms with Crippen LogP contribution >= 0.6 is 11.6 Å². The van der Waals surface area contributed by atoms with Crippen LogP contribution in [0.15, 0.2) is 16.5 Å². The summed E-state index contributed by atoms with van der Waals surface area (Å²) in [6.07, 6.45) is 0. The molecule has 1 rings (SSSR count). The van der Waals surface area contributed by atoms with E-state index in [1.54, 1.807) is 12.1 Å². The molecule has 0 aliphatic carbocycles. The van der Waals surface area contributed by atoms with Crippen molar-refractivity contribution >= 4 is 23.5 Å². The lowest BCUT2D eigenvalue weighted by atomic mass is 10.4. The minimum atomic E-state index is -0.739. The van der Waals surface area contributed by atoms with Crippen LogP contribution in [-0.2, 0) is 11.3 Å². The molecule has 2 N–H and O–H groups in total. The minimum Gasteiger partial charge on any atom is -0.465 e. The number of amides is 3. The monoisotopic (exact) mass is 244 g/mol. The van der Waals surface area contributed by atoms with Crippen molar-refractivity contribution in [1.82, 2.24) is 10.6 Å². The summed E-state index contributed by atoms with van der Waals surface area (Å²) in [5, 5.41) is 3.83. The Morgan fingerprint density at radius 2 is 2.19 bits per heavy atom. The molecule has 0 aliphatic rings. The number of carbonyl (C=O) groups excluding carboxylic acids is 2. The minimum absolute atomic E-state index is 0.226. The number of halogens is 1. The van der Waals surface area contributed by atoms with E-state index in [0.29, 0.717) is 5.76 Å². The third-order valence-electron chi connectivity index (χ3n) is 1.82. The predicted octanol–water partition coefficient (Wildman–Crippen LogP) is 1.54. The molecule has 16 heavy (non-hydrogen) atoms. The first-order valence-electron chi connectivity index (χ1n) is 4.77. The number of hydrogen-bond acceptors (Lipinski definition) is 3. The van der Waals surface area contributed by atoms with E-state index in [1.807, 2.05) is 6.92 Å². The van der Waals surface area contributed by atoms with Gasteiger partial charge in [-0.2, -0.15) is 0 Å². The highest BCUT2D eigenvalue weighted by Crippen LogP contribution is 2.05. The summed E-state index contributed by atoms with van der Waals surface area (Å²) in [7, 11) is 0. The van der Waals surface area contributed by atoms with Crippen LogP contribution in [0.5, 0.6) is 0 Å². The molecule has 0 aromatic carbocycles. The number of urea groups is 1. The molecule has 88 valence electrons. The van der Waals surface area contributed by atoms with Crippen molar-refractivity contribution in [2.24, 2.45) is 0 Å². The first-order valence-corrected chi connectivity index (χ1v) is 5.20. The Labute approximate surface area is 98.1 Å². The number of rotatable bonds is 3. The van der Waals surface area contributed by atoms with Crippen LogP contribution in [0.1, 0.15) is 18.4 Å². The summed E-state index contributed by atoms with van der Waals surface area (Å²) in [5.74, 6) is 0.858. The predicted molar refractivity (Wildman–Crippen MR) is 59.1 cm³/mol. The van der Waals surface area contributed by atoms with Gasteiger partial charge in [0.2, 0.25) is 5.91 Å². The Balaban J connectivity index is 2.33. The zero-order chi connectivity index (χ0) is 12.1. The fourth-order valence-corrected chi connectivity index (χ4v) is 1.06. The summed E-state index contributed by atoms with van der Waals surface area (Å²) in [5.41, 5.74) is 0. The van der Waals surface area contributed by atoms with Crippen LogP contribution in [0.3, 0.4) is 0 Å². The third-order valence-corrected chi connectivity index (χ3v) is 2.02. The molecule has 0 saturated heterocycles. The van der Waals surface area contributed by atoms with Gasteiger partial charge < -0.3 is 9.73 Å². The first-order chi connectivity index (χ1) is 7.49. The van der Waals surface area contributed by atoms with Crippen molar-refractivity contribution in [3.8, 4) is 0 Å². The third kappa shape index (κ3) is 3.94. The zero-order valence-electron chi connectivity index (χ0n) is 9.04. The smallest absolute Gasteiger partial charge is 0.321 e. The van der Waals surface area contributed by atoms with Crippen molar-refractivity contribution in [1.29, 1.82) is 0 Å². The van der Waals surface area contributed by atoms with Crippen LogP contribution in [0.25, 0.3) is 0 Å². The van der Waals surface area contributed by atoms with Crippen LogP contribution in [0, 0.1) is 6.92 Å². The molecule has 0 fully saturated rings. The lowest BCUT2D eigenvalue weighted by Crippen LogP contribution is -2.41. The largest absolute Gasteiger partial charge is 0.465 e. The summed E-state index contributed by atoms with van der Waals surface area (Å²) in [6, 6.07) is 2.95. The number of imide groups is 1. The van der Waals surface area contributed by atoms with Gasteiger partial charge in [0.05, 0.1) is 6.54 Å². The van der Waals surface area contributed by atoms with Gasteiger partial charge in [0.25, 0.3) is 0 Å². The first kappa shape index (κ1) is 12.6. The maximum absolute atomic E-state index is 11.2. The molecule has 1 aromatic rings. The fourth-order valence-electron chi connectivity index (χ4n) is 1.00. The number of nitrogens with one attached hydrogen (secondary N) is 2. The van der Waals surface area contributed by atoms with E-state index in [9.17, 15) is 9.59 Å². The zero-order valence-corrected chi connectivity index (χ0v) is 9.80. The number of alkyl halides is 1.